The molecule has 0 aromatic rings. The first-order valence-electron chi connectivity index (χ1n) is 7.40. The van der Waals surface area contributed by atoms with Crippen LogP contribution in [0, 0.1) is 0 Å². The molecule has 124 valence electrons. The first kappa shape index (κ1) is 17.4. The van der Waals surface area contributed by atoms with Crippen molar-refractivity contribution >= 4 is 39.4 Å². The average Bonchev–Trinajstić information content (AvgIpc) is 2.43. The van der Waals surface area contributed by atoms with Gasteiger partial charge in [0.25, 0.3) is 5.91 Å². The summed E-state index contributed by atoms with van der Waals surface area (Å²) in [6.07, 6.45) is 6.16. The van der Waals surface area contributed by atoms with Gasteiger partial charge in [0, 0.05) is 23.3 Å². The van der Waals surface area contributed by atoms with E-state index in [0.717, 1.165) is 0 Å². The zero-order valence-corrected chi connectivity index (χ0v) is 14.1. The fourth-order valence-electron chi connectivity index (χ4n) is 2.70. The maximum Gasteiger partial charge on any atom is 0.347 e. The molecule has 1 saturated carbocycles. The molecule has 1 aliphatic heterocycles. The monoisotopic (exact) mass is 347 g/mol. The molecular weight excluding hydrogens is 326 g/mol. The van der Waals surface area contributed by atoms with Crippen LogP contribution in [-0.4, -0.2) is 48.9 Å². The van der Waals surface area contributed by atoms with E-state index in [9.17, 15) is 18.0 Å². The first-order chi connectivity index (χ1) is 10.4. The minimum atomic E-state index is -3.87. The summed E-state index contributed by atoms with van der Waals surface area (Å²) in [5, 5.41) is 1.10. The van der Waals surface area contributed by atoms with Gasteiger partial charge in [-0.2, -0.15) is 11.8 Å². The lowest BCUT2D eigenvalue weighted by Crippen LogP contribution is -2.53. The second-order valence-corrected chi connectivity index (χ2v) is 8.76. The highest BCUT2D eigenvalue weighted by Gasteiger charge is 2.38. The maximum absolute atomic E-state index is 12.2. The molecule has 7 nitrogen and oxygen atoms in total. The molecule has 1 aliphatic carbocycles. The Labute approximate surface area is 134 Å². The molecule has 1 atom stereocenters. The largest absolute Gasteiger partial charge is 0.347 e. The van der Waals surface area contributed by atoms with Crippen LogP contribution in [0.5, 0.6) is 0 Å². The van der Waals surface area contributed by atoms with Crippen molar-refractivity contribution in [2.75, 3.05) is 12.3 Å². The Kier molecular flexibility index (Phi) is 5.99. The fraction of sp³-hybridized carbons (Fsp3) is 0.769. The summed E-state index contributed by atoms with van der Waals surface area (Å²) < 4.78 is 26.8. The van der Waals surface area contributed by atoms with Crippen molar-refractivity contribution in [2.45, 2.75) is 49.5 Å². The van der Waals surface area contributed by atoms with Crippen LogP contribution in [0.2, 0.25) is 0 Å². The van der Waals surface area contributed by atoms with Gasteiger partial charge in [-0.3, -0.25) is 10.1 Å². The van der Waals surface area contributed by atoms with Gasteiger partial charge in [0.15, 0.2) is 5.25 Å². The van der Waals surface area contributed by atoms with Crippen molar-refractivity contribution in [3.05, 3.63) is 0 Å². The second kappa shape index (κ2) is 7.56. The summed E-state index contributed by atoms with van der Waals surface area (Å²) in [5.74, 6) is -0.169. The summed E-state index contributed by atoms with van der Waals surface area (Å²) in [6, 6.07) is -0.818. The van der Waals surface area contributed by atoms with Crippen LogP contribution in [-0.2, 0) is 14.8 Å². The average molecular weight is 347 g/mol. The lowest BCUT2D eigenvalue weighted by molar-refractivity contribution is -0.118. The van der Waals surface area contributed by atoms with Crippen LogP contribution in [0.3, 0.4) is 0 Å². The van der Waals surface area contributed by atoms with Crippen LogP contribution in [0.4, 0.5) is 4.79 Å². The third kappa shape index (κ3) is 4.53. The topological polar surface area (TPSA) is 105 Å². The summed E-state index contributed by atoms with van der Waals surface area (Å²) in [7, 11) is -3.87. The first-order valence-corrected chi connectivity index (χ1v) is 10.00. The normalized spacial score (nSPS) is 24.0. The van der Waals surface area contributed by atoms with Crippen LogP contribution < -0.4 is 10.0 Å². The van der Waals surface area contributed by atoms with E-state index in [1.165, 1.54) is 39.0 Å². The molecule has 0 aromatic carbocycles. The minimum absolute atomic E-state index is 0.00110. The molecule has 1 fully saturated rings. The highest BCUT2D eigenvalue weighted by Crippen LogP contribution is 2.27. The molecule has 9 heteroatoms. The van der Waals surface area contributed by atoms with Gasteiger partial charge in [0.05, 0.1) is 0 Å². The number of hydrogen-bond acceptors (Lipinski definition) is 5. The SMILES string of the molecule is CC1=NC(=O)NC(=O)C1S(=O)(=O)NCCSC1CCCCC1. The second-order valence-electron chi connectivity index (χ2n) is 5.50. The molecule has 0 aromatic heterocycles. The molecule has 0 saturated heterocycles. The lowest BCUT2D eigenvalue weighted by Gasteiger charge is -2.22. The molecule has 0 radical (unpaired) electrons. The Balaban J connectivity index is 1.84. The highest BCUT2D eigenvalue weighted by atomic mass is 32.2. The van der Waals surface area contributed by atoms with Gasteiger partial charge in [0.1, 0.15) is 0 Å². The van der Waals surface area contributed by atoms with E-state index in [2.05, 4.69) is 9.71 Å². The van der Waals surface area contributed by atoms with Crippen LogP contribution in [0.15, 0.2) is 4.99 Å². The van der Waals surface area contributed by atoms with Gasteiger partial charge in [-0.25, -0.2) is 22.9 Å². The van der Waals surface area contributed by atoms with E-state index in [-0.39, 0.29) is 12.3 Å². The maximum atomic E-state index is 12.2. The number of carbonyl (C=O) groups excluding carboxylic acids is 2. The summed E-state index contributed by atoms with van der Waals surface area (Å²) in [5.41, 5.74) is 0.00110. The number of urea groups is 1. The van der Waals surface area contributed by atoms with Crippen molar-refractivity contribution in [1.82, 2.24) is 10.0 Å². The highest BCUT2D eigenvalue weighted by molar-refractivity contribution is 8.00. The van der Waals surface area contributed by atoms with E-state index in [0.29, 0.717) is 11.0 Å². The van der Waals surface area contributed by atoms with Crippen LogP contribution in [0.25, 0.3) is 0 Å². The smallest absolute Gasteiger partial charge is 0.275 e. The van der Waals surface area contributed by atoms with Crippen LogP contribution in [0.1, 0.15) is 39.0 Å². The van der Waals surface area contributed by atoms with E-state index in [4.69, 9.17) is 0 Å². The molecule has 22 heavy (non-hydrogen) atoms. The van der Waals surface area contributed by atoms with Crippen molar-refractivity contribution in [2.24, 2.45) is 4.99 Å². The molecule has 2 rings (SSSR count). The van der Waals surface area contributed by atoms with Crippen molar-refractivity contribution in [3.8, 4) is 0 Å². The Morgan fingerprint density at radius 1 is 1.27 bits per heavy atom. The van der Waals surface area contributed by atoms with Gasteiger partial charge in [-0.15, -0.1) is 0 Å². The Morgan fingerprint density at radius 2 is 1.95 bits per heavy atom. The Morgan fingerprint density at radius 3 is 2.59 bits per heavy atom. The number of thioether (sulfide) groups is 1. The third-order valence-electron chi connectivity index (χ3n) is 3.75. The predicted molar refractivity (Wildman–Crippen MR) is 86.7 cm³/mol. The summed E-state index contributed by atoms with van der Waals surface area (Å²) in [6.45, 7) is 1.64. The fourth-order valence-corrected chi connectivity index (χ4v) is 5.44. The number of hydrogen-bond donors (Lipinski definition) is 2. The molecule has 2 aliphatic rings. The van der Waals surface area contributed by atoms with E-state index in [1.807, 2.05) is 5.32 Å². The lowest BCUT2D eigenvalue weighted by atomic mass is 10.0. The molecule has 1 heterocycles. The van der Waals surface area contributed by atoms with Crippen LogP contribution >= 0.6 is 11.8 Å². The molecular formula is C13H21N3O4S2. The van der Waals surface area contributed by atoms with Crippen molar-refractivity contribution in [1.29, 1.82) is 0 Å². The van der Waals surface area contributed by atoms with E-state index >= 15 is 0 Å². The number of amides is 3. The summed E-state index contributed by atoms with van der Waals surface area (Å²) in [4.78, 5) is 26.3. The minimum Gasteiger partial charge on any atom is -0.275 e. The zero-order valence-electron chi connectivity index (χ0n) is 12.5. The van der Waals surface area contributed by atoms with Gasteiger partial charge >= 0.3 is 6.03 Å². The van der Waals surface area contributed by atoms with E-state index < -0.39 is 27.2 Å². The Bertz CT molecular complexity index is 568. The molecule has 3 amide bonds. The molecule has 0 bridgehead atoms. The van der Waals surface area contributed by atoms with Crippen molar-refractivity contribution in [3.63, 3.8) is 0 Å². The van der Waals surface area contributed by atoms with Crippen molar-refractivity contribution < 1.29 is 18.0 Å². The number of nitrogens with one attached hydrogen (secondary N) is 2. The summed E-state index contributed by atoms with van der Waals surface area (Å²) >= 11 is 1.77. The molecule has 1 unspecified atom stereocenters. The number of carbonyl (C=O) groups is 2. The number of aliphatic imine (C=N–C) groups is 1. The number of sulfonamides is 1. The zero-order chi connectivity index (χ0) is 16.2. The third-order valence-corrected chi connectivity index (χ3v) is 6.91. The van der Waals surface area contributed by atoms with Gasteiger partial charge < -0.3 is 0 Å². The number of nitrogens with zero attached hydrogens (tertiary/aromatic N) is 1. The molecule has 2 N–H and O–H groups in total. The van der Waals surface area contributed by atoms with Gasteiger partial charge in [-0.05, 0) is 19.8 Å². The number of rotatable bonds is 6. The van der Waals surface area contributed by atoms with Gasteiger partial charge in [-0.1, -0.05) is 19.3 Å². The standard InChI is InChI=1S/C13H21N3O4S2/c1-9-11(12(17)16-13(18)15-9)22(19,20)14-7-8-21-10-5-3-2-4-6-10/h10-11,14H,2-8H2,1H3,(H,16,17,18). The van der Waals surface area contributed by atoms with E-state index in [1.54, 1.807) is 11.8 Å². The predicted octanol–water partition coefficient (Wildman–Crippen LogP) is 1.05. The Hall–Kier alpha value is -0.930. The number of imide groups is 1. The quantitative estimate of drug-likeness (QED) is 0.699. The van der Waals surface area contributed by atoms with Gasteiger partial charge in [0.2, 0.25) is 10.0 Å². The molecule has 0 spiro atoms.